The van der Waals surface area contributed by atoms with E-state index >= 15 is 0 Å². The number of hydrogen-bond acceptors (Lipinski definition) is 4. The van der Waals surface area contributed by atoms with Crippen LogP contribution in [0, 0.1) is 0 Å². The van der Waals surface area contributed by atoms with E-state index in [1.54, 1.807) is 12.3 Å². The fourth-order valence-electron chi connectivity index (χ4n) is 1.05. The van der Waals surface area contributed by atoms with Gasteiger partial charge in [0.25, 0.3) is 0 Å². The number of aromatic amines is 1. The van der Waals surface area contributed by atoms with Gasteiger partial charge < -0.3 is 5.32 Å². The fraction of sp³-hybridized carbons (Fsp3) is 0.125. The van der Waals surface area contributed by atoms with E-state index in [0.717, 1.165) is 5.69 Å². The highest BCUT2D eigenvalue weighted by Crippen LogP contribution is 2.14. The molecule has 0 unspecified atom stereocenters. The van der Waals surface area contributed by atoms with Gasteiger partial charge in [0.2, 0.25) is 5.28 Å². The summed E-state index contributed by atoms with van der Waals surface area (Å²) in [5, 5.41) is 10.1. The third-order valence-corrected chi connectivity index (χ3v) is 2.05. The van der Waals surface area contributed by atoms with Crippen molar-refractivity contribution in [2.24, 2.45) is 0 Å². The molecule has 2 rings (SSSR count). The first-order chi connectivity index (χ1) is 7.24. The van der Waals surface area contributed by atoms with Crippen molar-refractivity contribution in [2.75, 3.05) is 5.32 Å². The molecule has 0 saturated heterocycles. The van der Waals surface area contributed by atoms with E-state index in [0.29, 0.717) is 17.5 Å². The van der Waals surface area contributed by atoms with Crippen molar-refractivity contribution in [3.63, 3.8) is 0 Å². The van der Waals surface area contributed by atoms with Gasteiger partial charge in [-0.1, -0.05) is 11.6 Å². The Labute approximate surface area is 95.8 Å². The van der Waals surface area contributed by atoms with E-state index in [-0.39, 0.29) is 5.28 Å². The average Bonchev–Trinajstić information content (AvgIpc) is 2.65. The molecule has 15 heavy (non-hydrogen) atoms. The van der Waals surface area contributed by atoms with Crippen LogP contribution in [0.2, 0.25) is 10.4 Å². The molecule has 0 fully saturated rings. The predicted molar refractivity (Wildman–Crippen MR) is 58.0 cm³/mol. The van der Waals surface area contributed by atoms with Gasteiger partial charge in [-0.2, -0.15) is 5.10 Å². The van der Waals surface area contributed by atoms with Crippen LogP contribution < -0.4 is 5.32 Å². The Kier molecular flexibility index (Phi) is 3.03. The van der Waals surface area contributed by atoms with Crippen LogP contribution in [0.15, 0.2) is 18.3 Å². The summed E-state index contributed by atoms with van der Waals surface area (Å²) in [7, 11) is 0. The zero-order chi connectivity index (χ0) is 10.7. The van der Waals surface area contributed by atoms with Gasteiger partial charge in [0.1, 0.15) is 11.0 Å². The van der Waals surface area contributed by atoms with Gasteiger partial charge in [0.05, 0.1) is 12.2 Å². The Morgan fingerprint density at radius 3 is 2.87 bits per heavy atom. The second-order valence-electron chi connectivity index (χ2n) is 2.78. The molecule has 2 aromatic rings. The highest BCUT2D eigenvalue weighted by atomic mass is 35.5. The number of rotatable bonds is 3. The zero-order valence-electron chi connectivity index (χ0n) is 7.54. The van der Waals surface area contributed by atoms with Gasteiger partial charge >= 0.3 is 0 Å². The standard InChI is InChI=1S/C8H7Cl2N5/c9-6-3-7(14-8(10)13-6)11-4-5-1-2-12-15-5/h1-3H,4H2,(H,12,15)(H,11,13,14). The minimum absolute atomic E-state index is 0.120. The Morgan fingerprint density at radius 2 is 2.20 bits per heavy atom. The number of nitrogens with one attached hydrogen (secondary N) is 2. The van der Waals surface area contributed by atoms with Crippen molar-refractivity contribution in [3.8, 4) is 0 Å². The topological polar surface area (TPSA) is 66.5 Å². The molecule has 0 bridgehead atoms. The monoisotopic (exact) mass is 243 g/mol. The summed E-state index contributed by atoms with van der Waals surface area (Å²) in [6.45, 7) is 0.573. The molecule has 5 nitrogen and oxygen atoms in total. The molecule has 0 aromatic carbocycles. The average molecular weight is 244 g/mol. The minimum Gasteiger partial charge on any atom is -0.364 e. The molecule has 0 saturated carbocycles. The van der Waals surface area contributed by atoms with E-state index in [1.165, 1.54) is 0 Å². The summed E-state index contributed by atoms with van der Waals surface area (Å²) >= 11 is 11.4. The Morgan fingerprint density at radius 1 is 1.33 bits per heavy atom. The van der Waals surface area contributed by atoms with Gasteiger partial charge in [-0.25, -0.2) is 9.97 Å². The molecule has 0 radical (unpaired) electrons. The molecule has 78 valence electrons. The summed E-state index contributed by atoms with van der Waals surface area (Å²) in [6.07, 6.45) is 1.68. The smallest absolute Gasteiger partial charge is 0.225 e. The first kappa shape index (κ1) is 10.2. The molecule has 0 spiro atoms. The molecule has 0 aliphatic rings. The lowest BCUT2D eigenvalue weighted by Gasteiger charge is -2.03. The Balaban J connectivity index is 2.05. The molecular weight excluding hydrogens is 237 g/mol. The van der Waals surface area contributed by atoms with Crippen molar-refractivity contribution in [1.29, 1.82) is 0 Å². The maximum absolute atomic E-state index is 5.72. The van der Waals surface area contributed by atoms with Crippen LogP contribution >= 0.6 is 23.2 Å². The minimum atomic E-state index is 0.120. The third kappa shape index (κ3) is 2.81. The zero-order valence-corrected chi connectivity index (χ0v) is 9.05. The van der Waals surface area contributed by atoms with Gasteiger partial charge in [-0.3, -0.25) is 5.10 Å². The van der Waals surface area contributed by atoms with Crippen molar-refractivity contribution >= 4 is 29.0 Å². The number of hydrogen-bond donors (Lipinski definition) is 2. The van der Waals surface area contributed by atoms with Crippen LogP contribution in [-0.2, 0) is 6.54 Å². The number of aromatic nitrogens is 4. The Hall–Kier alpha value is -1.33. The van der Waals surface area contributed by atoms with Crippen molar-refractivity contribution in [3.05, 3.63) is 34.5 Å². The lowest BCUT2D eigenvalue weighted by Crippen LogP contribution is -2.02. The van der Waals surface area contributed by atoms with Crippen LogP contribution in [0.4, 0.5) is 5.82 Å². The first-order valence-electron chi connectivity index (χ1n) is 4.16. The third-order valence-electron chi connectivity index (χ3n) is 1.69. The SMILES string of the molecule is Clc1cc(NCc2ccn[nH]2)nc(Cl)n1. The molecule has 0 aliphatic carbocycles. The highest BCUT2D eigenvalue weighted by molar-refractivity contribution is 6.32. The molecule has 0 atom stereocenters. The van der Waals surface area contributed by atoms with E-state index in [1.807, 2.05) is 6.07 Å². The predicted octanol–water partition coefficient (Wildman–Crippen LogP) is 2.12. The molecular formula is C8H7Cl2N5. The summed E-state index contributed by atoms with van der Waals surface area (Å²) < 4.78 is 0. The second-order valence-corrected chi connectivity index (χ2v) is 3.51. The van der Waals surface area contributed by atoms with Gasteiger partial charge in [0, 0.05) is 12.3 Å². The van der Waals surface area contributed by atoms with Crippen LogP contribution in [0.3, 0.4) is 0 Å². The van der Waals surface area contributed by atoms with Crippen molar-refractivity contribution in [1.82, 2.24) is 20.2 Å². The lowest BCUT2D eigenvalue weighted by atomic mass is 10.4. The Bertz CT molecular complexity index is 422. The number of nitrogens with zero attached hydrogens (tertiary/aromatic N) is 3. The van der Waals surface area contributed by atoms with Crippen molar-refractivity contribution < 1.29 is 0 Å². The van der Waals surface area contributed by atoms with Crippen LogP contribution in [-0.4, -0.2) is 20.2 Å². The van der Waals surface area contributed by atoms with E-state index < -0.39 is 0 Å². The molecule has 2 aromatic heterocycles. The summed E-state index contributed by atoms with van der Waals surface area (Å²) in [4.78, 5) is 7.70. The molecule has 0 aliphatic heterocycles. The molecule has 2 N–H and O–H groups in total. The maximum atomic E-state index is 5.72. The highest BCUT2D eigenvalue weighted by Gasteiger charge is 2.01. The fourth-order valence-corrected chi connectivity index (χ4v) is 1.46. The van der Waals surface area contributed by atoms with E-state index in [4.69, 9.17) is 23.2 Å². The van der Waals surface area contributed by atoms with Gasteiger partial charge in [-0.15, -0.1) is 0 Å². The van der Waals surface area contributed by atoms with Crippen LogP contribution in [0.5, 0.6) is 0 Å². The number of halogens is 2. The summed E-state index contributed by atoms with van der Waals surface area (Å²) in [5.41, 5.74) is 0.945. The molecule has 2 heterocycles. The number of anilines is 1. The molecule has 7 heteroatoms. The maximum Gasteiger partial charge on any atom is 0.225 e. The van der Waals surface area contributed by atoms with Gasteiger partial charge in [0.15, 0.2) is 0 Å². The normalized spacial score (nSPS) is 10.3. The lowest BCUT2D eigenvalue weighted by molar-refractivity contribution is 0.971. The van der Waals surface area contributed by atoms with Gasteiger partial charge in [-0.05, 0) is 17.7 Å². The second kappa shape index (κ2) is 4.46. The van der Waals surface area contributed by atoms with Crippen LogP contribution in [0.25, 0.3) is 0 Å². The van der Waals surface area contributed by atoms with Crippen molar-refractivity contribution in [2.45, 2.75) is 6.54 Å². The quantitative estimate of drug-likeness (QED) is 0.641. The first-order valence-corrected chi connectivity index (χ1v) is 4.92. The van der Waals surface area contributed by atoms with E-state index in [9.17, 15) is 0 Å². The molecule has 0 amide bonds. The summed E-state index contributed by atoms with van der Waals surface area (Å²) in [6, 6.07) is 3.46. The van der Waals surface area contributed by atoms with E-state index in [2.05, 4.69) is 25.5 Å². The summed E-state index contributed by atoms with van der Waals surface area (Å²) in [5.74, 6) is 0.578. The largest absolute Gasteiger partial charge is 0.364 e. The van der Waals surface area contributed by atoms with Crippen LogP contribution in [0.1, 0.15) is 5.69 Å². The number of H-pyrrole nitrogens is 1.